The number of hydrogen-bond donors (Lipinski definition) is 3. The highest BCUT2D eigenvalue weighted by Crippen LogP contribution is 2.18. The van der Waals surface area contributed by atoms with Crippen molar-refractivity contribution < 1.29 is 23.1 Å². The van der Waals surface area contributed by atoms with Crippen LogP contribution in [0.5, 0.6) is 0 Å². The molecule has 1 saturated heterocycles. The molecule has 0 aromatic carbocycles. The second-order valence-corrected chi connectivity index (χ2v) is 7.89. The van der Waals surface area contributed by atoms with Crippen molar-refractivity contribution in [3.8, 4) is 0 Å². The summed E-state index contributed by atoms with van der Waals surface area (Å²) in [4.78, 5) is 22.4. The summed E-state index contributed by atoms with van der Waals surface area (Å²) in [6.45, 7) is 5.36. The average Bonchev–Trinajstić information content (AvgIpc) is 2.34. The molecule has 1 fully saturated rings. The Morgan fingerprint density at radius 3 is 2.19 bits per heavy atom. The number of carbonyl (C=O) groups is 2. The van der Waals surface area contributed by atoms with Crippen LogP contribution in [-0.2, 0) is 19.8 Å². The molecule has 1 rings (SSSR count). The normalized spacial score (nSPS) is 18.4. The molecule has 1 aliphatic rings. The summed E-state index contributed by atoms with van der Waals surface area (Å²) in [6.07, 6.45) is 0.564. The van der Waals surface area contributed by atoms with Gasteiger partial charge in [0.05, 0.1) is 12.5 Å². The summed E-state index contributed by atoms with van der Waals surface area (Å²) in [5.74, 6) is -1.81. The largest absolute Gasteiger partial charge is 0.481 e. The number of piperidine rings is 1. The molecule has 1 heterocycles. The zero-order valence-electron chi connectivity index (χ0n) is 12.5. The molecular weight excluding hydrogens is 298 g/mol. The maximum Gasteiger partial charge on any atom is 0.306 e. The van der Waals surface area contributed by atoms with Crippen molar-refractivity contribution in [3.63, 3.8) is 0 Å². The highest BCUT2D eigenvalue weighted by atomic mass is 32.2. The van der Waals surface area contributed by atoms with Gasteiger partial charge >= 0.3 is 5.97 Å². The first kappa shape index (κ1) is 17.9. The van der Waals surface area contributed by atoms with Crippen LogP contribution in [0.25, 0.3) is 0 Å². The Bertz CT molecular complexity index is 490. The lowest BCUT2D eigenvalue weighted by Gasteiger charge is -2.29. The van der Waals surface area contributed by atoms with Gasteiger partial charge in [0.1, 0.15) is 0 Å². The van der Waals surface area contributed by atoms with Crippen LogP contribution >= 0.6 is 0 Å². The molecule has 0 saturated carbocycles. The van der Waals surface area contributed by atoms with Gasteiger partial charge in [0.2, 0.25) is 5.91 Å². The SMILES string of the molecule is CC(C)(C)NC(=O)CNS(=O)(=O)N1CCC(C(=O)O)CC1. The molecule has 0 spiro atoms. The number of hydrogen-bond acceptors (Lipinski definition) is 4. The Balaban J connectivity index is 2.48. The molecule has 21 heavy (non-hydrogen) atoms. The third-order valence-electron chi connectivity index (χ3n) is 3.07. The third kappa shape index (κ3) is 5.98. The van der Waals surface area contributed by atoms with Gasteiger partial charge in [-0.2, -0.15) is 17.4 Å². The van der Waals surface area contributed by atoms with Crippen molar-refractivity contribution in [3.05, 3.63) is 0 Å². The lowest BCUT2D eigenvalue weighted by atomic mass is 9.99. The Morgan fingerprint density at radius 2 is 1.76 bits per heavy atom. The van der Waals surface area contributed by atoms with Crippen LogP contribution in [0.3, 0.4) is 0 Å². The molecule has 0 bridgehead atoms. The lowest BCUT2D eigenvalue weighted by Crippen LogP contribution is -2.50. The van der Waals surface area contributed by atoms with Gasteiger partial charge in [0.15, 0.2) is 0 Å². The summed E-state index contributed by atoms with van der Waals surface area (Å²) in [5, 5.41) is 11.5. The van der Waals surface area contributed by atoms with Crippen molar-refractivity contribution in [2.45, 2.75) is 39.2 Å². The van der Waals surface area contributed by atoms with Crippen molar-refractivity contribution in [1.29, 1.82) is 0 Å². The van der Waals surface area contributed by atoms with Crippen LogP contribution in [0.1, 0.15) is 33.6 Å². The van der Waals surface area contributed by atoms with Gasteiger partial charge in [0, 0.05) is 18.6 Å². The highest BCUT2D eigenvalue weighted by molar-refractivity contribution is 7.87. The molecule has 1 amide bonds. The van der Waals surface area contributed by atoms with Crippen LogP contribution < -0.4 is 10.0 Å². The molecule has 0 radical (unpaired) electrons. The van der Waals surface area contributed by atoms with E-state index in [1.165, 1.54) is 4.31 Å². The second-order valence-electron chi connectivity index (χ2n) is 6.14. The van der Waals surface area contributed by atoms with Gasteiger partial charge in [-0.1, -0.05) is 0 Å². The van der Waals surface area contributed by atoms with E-state index in [0.29, 0.717) is 0 Å². The van der Waals surface area contributed by atoms with E-state index in [-0.39, 0.29) is 32.5 Å². The minimum absolute atomic E-state index is 0.146. The van der Waals surface area contributed by atoms with Crippen LogP contribution in [0.2, 0.25) is 0 Å². The third-order valence-corrected chi connectivity index (χ3v) is 4.63. The smallest absolute Gasteiger partial charge is 0.306 e. The zero-order valence-corrected chi connectivity index (χ0v) is 13.4. The topological polar surface area (TPSA) is 116 Å². The fraction of sp³-hybridized carbons (Fsp3) is 0.833. The van der Waals surface area contributed by atoms with Crippen molar-refractivity contribution in [1.82, 2.24) is 14.3 Å². The molecule has 122 valence electrons. The van der Waals surface area contributed by atoms with Gasteiger partial charge in [-0.25, -0.2) is 0 Å². The molecule has 3 N–H and O–H groups in total. The molecule has 0 atom stereocenters. The molecule has 9 heteroatoms. The lowest BCUT2D eigenvalue weighted by molar-refractivity contribution is -0.142. The van der Waals surface area contributed by atoms with Gasteiger partial charge in [-0.3, -0.25) is 9.59 Å². The molecular formula is C12H23N3O5S. The van der Waals surface area contributed by atoms with E-state index >= 15 is 0 Å². The second kappa shape index (κ2) is 6.71. The summed E-state index contributed by atoms with van der Waals surface area (Å²) < 4.78 is 27.5. The number of carboxylic acid groups (broad SMARTS) is 1. The first-order valence-corrected chi connectivity index (χ1v) is 8.24. The number of carbonyl (C=O) groups excluding carboxylic acids is 1. The van der Waals surface area contributed by atoms with Crippen LogP contribution in [0.4, 0.5) is 0 Å². The quantitative estimate of drug-likeness (QED) is 0.633. The van der Waals surface area contributed by atoms with Crippen molar-refractivity contribution in [2.24, 2.45) is 5.92 Å². The zero-order chi connectivity index (χ0) is 16.3. The van der Waals surface area contributed by atoms with E-state index in [1.807, 2.05) is 0 Å². The van der Waals surface area contributed by atoms with E-state index in [1.54, 1.807) is 20.8 Å². The maximum absolute atomic E-state index is 12.0. The maximum atomic E-state index is 12.0. The average molecular weight is 321 g/mol. The van der Waals surface area contributed by atoms with Crippen molar-refractivity contribution in [2.75, 3.05) is 19.6 Å². The van der Waals surface area contributed by atoms with E-state index in [0.717, 1.165) is 0 Å². The van der Waals surface area contributed by atoms with Crippen molar-refractivity contribution >= 4 is 22.1 Å². The molecule has 0 unspecified atom stereocenters. The molecule has 0 aliphatic carbocycles. The van der Waals surface area contributed by atoms with Gasteiger partial charge in [0.25, 0.3) is 10.2 Å². The minimum atomic E-state index is -3.75. The van der Waals surface area contributed by atoms with E-state index in [9.17, 15) is 18.0 Å². The monoisotopic (exact) mass is 321 g/mol. The molecule has 1 aliphatic heterocycles. The summed E-state index contributed by atoms with van der Waals surface area (Å²) in [7, 11) is -3.75. The summed E-state index contributed by atoms with van der Waals surface area (Å²) in [5.41, 5.74) is -0.428. The molecule has 8 nitrogen and oxygen atoms in total. The molecule has 0 aromatic heterocycles. The van der Waals surface area contributed by atoms with Gasteiger partial charge < -0.3 is 10.4 Å². The van der Waals surface area contributed by atoms with E-state index < -0.39 is 33.5 Å². The first-order chi connectivity index (χ1) is 9.51. The van der Waals surface area contributed by atoms with Crippen LogP contribution in [0, 0.1) is 5.92 Å². The number of rotatable bonds is 5. The Labute approximate surface area is 125 Å². The van der Waals surface area contributed by atoms with E-state index in [2.05, 4.69) is 10.0 Å². The van der Waals surface area contributed by atoms with Crippen LogP contribution in [-0.4, -0.2) is 54.9 Å². The molecule has 0 aromatic rings. The Morgan fingerprint density at radius 1 is 1.24 bits per heavy atom. The number of nitrogens with zero attached hydrogens (tertiary/aromatic N) is 1. The fourth-order valence-electron chi connectivity index (χ4n) is 2.05. The predicted molar refractivity (Wildman–Crippen MR) is 76.8 cm³/mol. The van der Waals surface area contributed by atoms with E-state index in [4.69, 9.17) is 5.11 Å². The number of carboxylic acids is 1. The Kier molecular flexibility index (Phi) is 5.71. The summed E-state index contributed by atoms with van der Waals surface area (Å²) in [6, 6.07) is 0. The first-order valence-electron chi connectivity index (χ1n) is 6.80. The Hall–Kier alpha value is -1.19. The fourth-order valence-corrected chi connectivity index (χ4v) is 3.24. The standard InChI is InChI=1S/C12H23N3O5S/c1-12(2,3)14-10(16)8-13-21(19,20)15-6-4-9(5-7-15)11(17)18/h9,13H,4-8H2,1-3H3,(H,14,16)(H,17,18). The number of amides is 1. The number of nitrogens with one attached hydrogen (secondary N) is 2. The highest BCUT2D eigenvalue weighted by Gasteiger charge is 2.31. The van der Waals surface area contributed by atoms with Gasteiger partial charge in [-0.05, 0) is 33.6 Å². The number of aliphatic carboxylic acids is 1. The summed E-state index contributed by atoms with van der Waals surface area (Å²) >= 11 is 0. The minimum Gasteiger partial charge on any atom is -0.481 e. The van der Waals surface area contributed by atoms with Crippen LogP contribution in [0.15, 0.2) is 0 Å². The van der Waals surface area contributed by atoms with Gasteiger partial charge in [-0.15, -0.1) is 0 Å². The predicted octanol–water partition coefficient (Wildman–Crippen LogP) is -0.468.